The molecular weight excluding hydrogens is 386 g/mol. The number of hydrogen-bond acceptors (Lipinski definition) is 6. The first-order valence-electron chi connectivity index (χ1n) is 7.75. The molecule has 0 aliphatic heterocycles. The molecular formula is C16H18F2N2O4S2. The average molecular weight is 404 g/mol. The fourth-order valence-electron chi connectivity index (χ4n) is 2.49. The quantitative estimate of drug-likeness (QED) is 0.496. The lowest BCUT2D eigenvalue weighted by Gasteiger charge is -2.18. The largest absolute Gasteiger partial charge is 0.247 e. The van der Waals surface area contributed by atoms with Crippen molar-refractivity contribution in [1.29, 1.82) is 0 Å². The summed E-state index contributed by atoms with van der Waals surface area (Å²) in [7, 11) is -7.39. The van der Waals surface area contributed by atoms with E-state index in [0.717, 1.165) is 24.5 Å². The molecule has 0 saturated carbocycles. The van der Waals surface area contributed by atoms with Crippen molar-refractivity contribution in [3.63, 3.8) is 0 Å². The number of halogens is 2. The van der Waals surface area contributed by atoms with Crippen molar-refractivity contribution in [1.82, 2.24) is 9.97 Å². The second-order valence-corrected chi connectivity index (χ2v) is 10.1. The monoisotopic (exact) mass is 404 g/mol. The third kappa shape index (κ3) is 5.28. The fraction of sp³-hybridized carbons (Fsp3) is 0.375. The van der Waals surface area contributed by atoms with E-state index in [0.29, 0.717) is 0 Å². The minimum Gasteiger partial charge on any atom is -0.229 e. The number of nitrogens with zero attached hydrogens (tertiary/aromatic N) is 2. The zero-order chi connectivity index (χ0) is 19.4. The van der Waals surface area contributed by atoms with Gasteiger partial charge >= 0.3 is 0 Å². The van der Waals surface area contributed by atoms with E-state index < -0.39 is 41.7 Å². The summed E-state index contributed by atoms with van der Waals surface area (Å²) in [5, 5.41) is -1.91. The molecule has 0 aliphatic rings. The Kier molecular flexibility index (Phi) is 6.40. The number of sulfone groups is 2. The molecule has 1 unspecified atom stereocenters. The van der Waals surface area contributed by atoms with E-state index in [9.17, 15) is 25.6 Å². The molecule has 0 fully saturated rings. The van der Waals surface area contributed by atoms with Gasteiger partial charge in [0.2, 0.25) is 15.0 Å². The molecule has 0 bridgehead atoms. The Labute approximate surface area is 151 Å². The van der Waals surface area contributed by atoms with Crippen LogP contribution < -0.4 is 0 Å². The lowest BCUT2D eigenvalue weighted by molar-refractivity contribution is 0.538. The molecule has 0 radical (unpaired) electrons. The van der Waals surface area contributed by atoms with Gasteiger partial charge in [-0.3, -0.25) is 0 Å². The van der Waals surface area contributed by atoms with Gasteiger partial charge in [-0.25, -0.2) is 35.6 Å². The van der Waals surface area contributed by atoms with Gasteiger partial charge in [0.05, 0.1) is 5.25 Å². The van der Waals surface area contributed by atoms with Gasteiger partial charge < -0.3 is 0 Å². The van der Waals surface area contributed by atoms with Gasteiger partial charge in [-0.15, -0.1) is 0 Å². The Bertz CT molecular complexity index is 965. The fourth-order valence-corrected chi connectivity index (χ4v) is 4.88. The molecule has 0 saturated heterocycles. The van der Waals surface area contributed by atoms with Crippen LogP contribution in [0.3, 0.4) is 0 Å². The summed E-state index contributed by atoms with van der Waals surface area (Å²) in [5.41, 5.74) is -0.322. The predicted molar refractivity (Wildman–Crippen MR) is 91.9 cm³/mol. The van der Waals surface area contributed by atoms with Crippen molar-refractivity contribution >= 4 is 19.7 Å². The van der Waals surface area contributed by atoms with Crippen LogP contribution in [0, 0.1) is 11.6 Å². The Hall–Kier alpha value is -1.94. The van der Waals surface area contributed by atoms with Gasteiger partial charge in [0.15, 0.2) is 0 Å². The van der Waals surface area contributed by atoms with E-state index in [1.165, 1.54) is 18.5 Å². The van der Waals surface area contributed by atoms with Crippen LogP contribution in [0.2, 0.25) is 0 Å². The van der Waals surface area contributed by atoms with Gasteiger partial charge in [0.1, 0.15) is 21.5 Å². The summed E-state index contributed by atoms with van der Waals surface area (Å²) in [4.78, 5) is 7.41. The Morgan fingerprint density at radius 1 is 1.04 bits per heavy atom. The summed E-state index contributed by atoms with van der Waals surface area (Å²) in [6, 6.07) is 4.01. The van der Waals surface area contributed by atoms with E-state index in [1.54, 1.807) is 0 Å². The molecule has 0 N–H and O–H groups in total. The van der Waals surface area contributed by atoms with Crippen LogP contribution in [0.15, 0.2) is 41.8 Å². The maximum Gasteiger partial charge on any atom is 0.247 e. The first kappa shape index (κ1) is 20.4. The minimum atomic E-state index is -4.19. The maximum absolute atomic E-state index is 14.2. The molecule has 1 heterocycles. The second kappa shape index (κ2) is 8.17. The zero-order valence-corrected chi connectivity index (χ0v) is 15.6. The number of benzene rings is 1. The van der Waals surface area contributed by atoms with Crippen molar-refractivity contribution in [3.8, 4) is 0 Å². The highest BCUT2D eigenvalue weighted by molar-refractivity contribution is 7.91. The Balaban J connectivity index is 2.37. The van der Waals surface area contributed by atoms with E-state index in [2.05, 4.69) is 9.97 Å². The average Bonchev–Trinajstić information content (AvgIpc) is 2.57. The van der Waals surface area contributed by atoms with Gasteiger partial charge in [-0.05, 0) is 37.1 Å². The number of hydrogen-bond donors (Lipinski definition) is 0. The molecule has 1 aromatic carbocycles. The molecule has 0 spiro atoms. The summed E-state index contributed by atoms with van der Waals surface area (Å²) in [6.45, 7) is 0. The Morgan fingerprint density at radius 3 is 2.31 bits per heavy atom. The first-order chi connectivity index (χ1) is 12.1. The third-order valence-corrected chi connectivity index (χ3v) is 6.70. The molecule has 6 nitrogen and oxygen atoms in total. The van der Waals surface area contributed by atoms with E-state index in [4.69, 9.17) is 0 Å². The van der Waals surface area contributed by atoms with Crippen LogP contribution in [0.1, 0.15) is 30.1 Å². The lowest BCUT2D eigenvalue weighted by atomic mass is 10.1. The van der Waals surface area contributed by atoms with Crippen LogP contribution in [0.4, 0.5) is 8.78 Å². The standard InChI is InChI=1S/C16H18F2N2O4S2/c1-25(21,22)10-3-2-5-15(13-11-12(17)6-7-14(13)18)26(23,24)16-19-8-4-9-20-16/h4,6-9,11,15H,2-3,5,10H2,1H3. The molecule has 26 heavy (non-hydrogen) atoms. The predicted octanol–water partition coefficient (Wildman–Crippen LogP) is 2.48. The van der Waals surface area contributed by atoms with Crippen molar-refractivity contribution in [2.24, 2.45) is 0 Å². The minimum absolute atomic E-state index is 0.0868. The SMILES string of the molecule is CS(=O)(=O)CCCCC(c1cc(F)ccc1F)S(=O)(=O)c1ncccn1. The molecule has 2 rings (SSSR count). The van der Waals surface area contributed by atoms with Crippen LogP contribution in [0.5, 0.6) is 0 Å². The van der Waals surface area contributed by atoms with E-state index >= 15 is 0 Å². The van der Waals surface area contributed by atoms with Gasteiger partial charge in [0.25, 0.3) is 0 Å². The van der Waals surface area contributed by atoms with Gasteiger partial charge in [-0.1, -0.05) is 6.42 Å². The molecule has 142 valence electrons. The molecule has 10 heteroatoms. The van der Waals surface area contributed by atoms with Crippen LogP contribution >= 0.6 is 0 Å². The second-order valence-electron chi connectivity index (χ2n) is 5.86. The summed E-state index contributed by atoms with van der Waals surface area (Å²) in [6.07, 6.45) is 3.87. The van der Waals surface area contributed by atoms with Crippen LogP contribution in [0.25, 0.3) is 0 Å². The smallest absolute Gasteiger partial charge is 0.229 e. The molecule has 0 aliphatic carbocycles. The van der Waals surface area contributed by atoms with Gasteiger partial charge in [-0.2, -0.15) is 0 Å². The third-order valence-electron chi connectivity index (χ3n) is 3.71. The highest BCUT2D eigenvalue weighted by Gasteiger charge is 2.33. The molecule has 2 aromatic rings. The topological polar surface area (TPSA) is 94.1 Å². The molecule has 0 amide bonds. The molecule has 1 aromatic heterocycles. The number of aromatic nitrogens is 2. The van der Waals surface area contributed by atoms with Crippen molar-refractivity contribution < 1.29 is 25.6 Å². The maximum atomic E-state index is 14.2. The van der Waals surface area contributed by atoms with Gasteiger partial charge in [0, 0.05) is 30.0 Å². The Morgan fingerprint density at radius 2 is 1.69 bits per heavy atom. The lowest BCUT2D eigenvalue weighted by Crippen LogP contribution is -2.18. The first-order valence-corrected chi connectivity index (χ1v) is 11.4. The number of rotatable bonds is 8. The number of unbranched alkanes of at least 4 members (excludes halogenated alkanes) is 1. The normalized spacial score (nSPS) is 13.5. The van der Waals surface area contributed by atoms with E-state index in [1.807, 2.05) is 0 Å². The van der Waals surface area contributed by atoms with E-state index in [-0.39, 0.29) is 30.6 Å². The van der Waals surface area contributed by atoms with Crippen LogP contribution in [-0.4, -0.2) is 38.8 Å². The summed E-state index contributed by atoms with van der Waals surface area (Å²) < 4.78 is 75.9. The highest BCUT2D eigenvalue weighted by atomic mass is 32.2. The van der Waals surface area contributed by atoms with Crippen molar-refractivity contribution in [2.75, 3.05) is 12.0 Å². The highest BCUT2D eigenvalue weighted by Crippen LogP contribution is 2.33. The molecule has 1 atom stereocenters. The summed E-state index contributed by atoms with van der Waals surface area (Å²) in [5.74, 6) is -1.75. The zero-order valence-electron chi connectivity index (χ0n) is 14.0. The van der Waals surface area contributed by atoms with Crippen molar-refractivity contribution in [3.05, 3.63) is 53.9 Å². The van der Waals surface area contributed by atoms with Crippen LogP contribution in [-0.2, 0) is 19.7 Å². The van der Waals surface area contributed by atoms with Crippen molar-refractivity contribution in [2.45, 2.75) is 29.7 Å². The summed E-state index contributed by atoms with van der Waals surface area (Å²) >= 11 is 0.